The number of nitrogens with one attached hydrogen (secondary N) is 1. The number of nitrogen functional groups attached to an aromatic ring is 1. The van der Waals surface area contributed by atoms with Crippen LogP contribution in [0.4, 0.5) is 0 Å². The van der Waals surface area contributed by atoms with E-state index >= 15 is 0 Å². The Morgan fingerprint density at radius 3 is 2.71 bits per heavy atom. The second-order valence-corrected chi connectivity index (χ2v) is 4.55. The molecule has 0 saturated carbocycles. The molecule has 1 heterocycles. The minimum atomic E-state index is -0.0229. The molecule has 1 saturated heterocycles. The van der Waals surface area contributed by atoms with E-state index in [1.165, 1.54) is 0 Å². The fourth-order valence-corrected chi connectivity index (χ4v) is 2.14. The third-order valence-corrected chi connectivity index (χ3v) is 3.25. The molecule has 1 aliphatic rings. The van der Waals surface area contributed by atoms with Crippen LogP contribution in [0.5, 0.6) is 11.5 Å². The molecule has 21 heavy (non-hydrogen) atoms. The van der Waals surface area contributed by atoms with Gasteiger partial charge in [-0.25, -0.2) is 0 Å². The number of morpholine rings is 1. The molecule has 0 aliphatic carbocycles. The summed E-state index contributed by atoms with van der Waals surface area (Å²) in [6.07, 6.45) is 0. The van der Waals surface area contributed by atoms with Crippen molar-refractivity contribution in [3.05, 3.63) is 23.8 Å². The Kier molecular flexibility index (Phi) is 7.28. The number of halogens is 1. The van der Waals surface area contributed by atoms with Crippen LogP contribution < -0.4 is 15.2 Å². The van der Waals surface area contributed by atoms with Crippen molar-refractivity contribution in [2.45, 2.75) is 0 Å². The van der Waals surface area contributed by atoms with Gasteiger partial charge in [-0.05, 0) is 12.1 Å². The first-order chi connectivity index (χ1) is 9.72. The predicted octanol–water partition coefficient (Wildman–Crippen LogP) is 1.11. The zero-order chi connectivity index (χ0) is 14.4. The van der Waals surface area contributed by atoms with Crippen LogP contribution in [0.2, 0.25) is 0 Å². The first kappa shape index (κ1) is 17.6. The van der Waals surface area contributed by atoms with Gasteiger partial charge < -0.3 is 19.9 Å². The van der Waals surface area contributed by atoms with E-state index < -0.39 is 0 Å². The Morgan fingerprint density at radius 1 is 1.38 bits per heavy atom. The number of para-hydroxylation sites is 1. The SMILES string of the molecule is COc1cccc(C(=N)N)c1OCCN1CCOCC1.Cl. The lowest BCUT2D eigenvalue weighted by molar-refractivity contribution is 0.0321. The first-order valence-electron chi connectivity index (χ1n) is 6.66. The van der Waals surface area contributed by atoms with Crippen LogP contribution in [0.25, 0.3) is 0 Å². The van der Waals surface area contributed by atoms with Crippen LogP contribution >= 0.6 is 12.4 Å². The van der Waals surface area contributed by atoms with Gasteiger partial charge in [0, 0.05) is 19.6 Å². The molecule has 0 aromatic heterocycles. The van der Waals surface area contributed by atoms with E-state index in [0.717, 1.165) is 32.8 Å². The summed E-state index contributed by atoms with van der Waals surface area (Å²) in [6, 6.07) is 5.36. The largest absolute Gasteiger partial charge is 0.493 e. The van der Waals surface area contributed by atoms with Gasteiger partial charge in [0.15, 0.2) is 11.5 Å². The Hall–Kier alpha value is -1.50. The van der Waals surface area contributed by atoms with Gasteiger partial charge >= 0.3 is 0 Å². The Morgan fingerprint density at radius 2 is 2.10 bits per heavy atom. The molecule has 3 N–H and O–H groups in total. The van der Waals surface area contributed by atoms with Crippen molar-refractivity contribution in [3.8, 4) is 11.5 Å². The topological polar surface area (TPSA) is 80.8 Å². The van der Waals surface area contributed by atoms with Crippen LogP contribution in [-0.4, -0.2) is 57.3 Å². The summed E-state index contributed by atoms with van der Waals surface area (Å²) in [4.78, 5) is 2.28. The molecule has 0 radical (unpaired) electrons. The lowest BCUT2D eigenvalue weighted by Crippen LogP contribution is -2.38. The van der Waals surface area contributed by atoms with Gasteiger partial charge in [-0.1, -0.05) is 6.07 Å². The predicted molar refractivity (Wildman–Crippen MR) is 84.0 cm³/mol. The van der Waals surface area contributed by atoms with Crippen molar-refractivity contribution in [1.82, 2.24) is 4.90 Å². The summed E-state index contributed by atoms with van der Waals surface area (Å²) in [5, 5.41) is 7.59. The number of hydrogen-bond donors (Lipinski definition) is 2. The summed E-state index contributed by atoms with van der Waals surface area (Å²) in [6.45, 7) is 4.74. The number of amidine groups is 1. The van der Waals surface area contributed by atoms with Crippen molar-refractivity contribution < 1.29 is 14.2 Å². The maximum Gasteiger partial charge on any atom is 0.172 e. The van der Waals surface area contributed by atoms with Crippen LogP contribution in [0.15, 0.2) is 18.2 Å². The molecule has 2 rings (SSSR count). The van der Waals surface area contributed by atoms with Gasteiger partial charge in [-0.2, -0.15) is 0 Å². The van der Waals surface area contributed by atoms with E-state index in [4.69, 9.17) is 25.4 Å². The average molecular weight is 316 g/mol. The third-order valence-electron chi connectivity index (χ3n) is 3.25. The second kappa shape index (κ2) is 8.71. The average Bonchev–Trinajstić information content (AvgIpc) is 2.48. The number of benzene rings is 1. The molecule has 118 valence electrons. The van der Waals surface area contributed by atoms with Crippen LogP contribution in [-0.2, 0) is 4.74 Å². The zero-order valence-corrected chi connectivity index (χ0v) is 12.9. The summed E-state index contributed by atoms with van der Waals surface area (Å²) < 4.78 is 16.4. The van der Waals surface area contributed by atoms with Crippen molar-refractivity contribution >= 4 is 18.2 Å². The normalized spacial score (nSPS) is 15.1. The monoisotopic (exact) mass is 315 g/mol. The van der Waals surface area contributed by atoms with Gasteiger partial charge in [-0.3, -0.25) is 10.3 Å². The lowest BCUT2D eigenvalue weighted by atomic mass is 10.1. The number of methoxy groups -OCH3 is 1. The van der Waals surface area contributed by atoms with Gasteiger partial charge in [0.1, 0.15) is 12.4 Å². The molecular formula is C14H22ClN3O3. The molecular weight excluding hydrogens is 294 g/mol. The summed E-state index contributed by atoms with van der Waals surface area (Å²) in [5.41, 5.74) is 6.13. The highest BCUT2D eigenvalue weighted by molar-refractivity contribution is 5.98. The Labute approximate surface area is 131 Å². The second-order valence-electron chi connectivity index (χ2n) is 4.55. The van der Waals surface area contributed by atoms with Gasteiger partial charge in [0.05, 0.1) is 25.9 Å². The molecule has 0 amide bonds. The first-order valence-corrected chi connectivity index (χ1v) is 6.66. The lowest BCUT2D eigenvalue weighted by Gasteiger charge is -2.26. The molecule has 1 aliphatic heterocycles. The number of rotatable bonds is 6. The van der Waals surface area contributed by atoms with E-state index in [9.17, 15) is 0 Å². The Bertz CT molecular complexity index is 465. The molecule has 1 aromatic carbocycles. The fraction of sp³-hybridized carbons (Fsp3) is 0.500. The fourth-order valence-electron chi connectivity index (χ4n) is 2.14. The maximum atomic E-state index is 7.59. The number of ether oxygens (including phenoxy) is 3. The molecule has 1 fully saturated rings. The van der Waals surface area contributed by atoms with Crippen LogP contribution in [0, 0.1) is 5.41 Å². The highest BCUT2D eigenvalue weighted by Gasteiger charge is 2.14. The molecule has 0 unspecified atom stereocenters. The standard InChI is InChI=1S/C14H21N3O3.ClH/c1-18-12-4-2-3-11(14(15)16)13(12)20-10-7-17-5-8-19-9-6-17;/h2-4H,5-10H2,1H3,(H3,15,16);1H. The summed E-state index contributed by atoms with van der Waals surface area (Å²) in [5.74, 6) is 1.11. The maximum absolute atomic E-state index is 7.59. The molecule has 7 heteroatoms. The van der Waals surface area contributed by atoms with Crippen molar-refractivity contribution in [2.24, 2.45) is 5.73 Å². The summed E-state index contributed by atoms with van der Waals surface area (Å²) >= 11 is 0. The van der Waals surface area contributed by atoms with E-state index in [2.05, 4.69) is 4.90 Å². The van der Waals surface area contributed by atoms with E-state index in [1.807, 2.05) is 0 Å². The van der Waals surface area contributed by atoms with Crippen molar-refractivity contribution in [3.63, 3.8) is 0 Å². The van der Waals surface area contributed by atoms with E-state index in [0.29, 0.717) is 23.7 Å². The quantitative estimate of drug-likeness (QED) is 0.607. The highest BCUT2D eigenvalue weighted by atomic mass is 35.5. The smallest absolute Gasteiger partial charge is 0.172 e. The number of hydrogen-bond acceptors (Lipinski definition) is 5. The van der Waals surface area contributed by atoms with Gasteiger partial charge in [-0.15, -0.1) is 12.4 Å². The third kappa shape index (κ3) is 4.77. The zero-order valence-electron chi connectivity index (χ0n) is 12.1. The van der Waals surface area contributed by atoms with E-state index in [-0.39, 0.29) is 18.2 Å². The molecule has 0 spiro atoms. The summed E-state index contributed by atoms with van der Waals surface area (Å²) in [7, 11) is 1.58. The van der Waals surface area contributed by atoms with Crippen molar-refractivity contribution in [2.75, 3.05) is 46.6 Å². The van der Waals surface area contributed by atoms with Crippen molar-refractivity contribution in [1.29, 1.82) is 5.41 Å². The Balaban J connectivity index is 0.00000220. The minimum absolute atomic E-state index is 0. The van der Waals surface area contributed by atoms with Gasteiger partial charge in [0.25, 0.3) is 0 Å². The van der Waals surface area contributed by atoms with Crippen LogP contribution in [0.3, 0.4) is 0 Å². The molecule has 1 aromatic rings. The minimum Gasteiger partial charge on any atom is -0.493 e. The van der Waals surface area contributed by atoms with Gasteiger partial charge in [0.2, 0.25) is 0 Å². The van der Waals surface area contributed by atoms with E-state index in [1.54, 1.807) is 25.3 Å². The molecule has 0 bridgehead atoms. The number of nitrogens with two attached hydrogens (primary N) is 1. The molecule has 6 nitrogen and oxygen atoms in total. The molecule has 0 atom stereocenters. The van der Waals surface area contributed by atoms with Crippen LogP contribution in [0.1, 0.15) is 5.56 Å². The number of nitrogens with zero attached hydrogens (tertiary/aromatic N) is 1. The highest BCUT2D eigenvalue weighted by Crippen LogP contribution is 2.30.